The van der Waals surface area contributed by atoms with Crippen LogP contribution in [0.5, 0.6) is 5.75 Å². The number of furan rings is 1. The molecule has 0 bridgehead atoms. The minimum absolute atomic E-state index is 0.142. The van der Waals surface area contributed by atoms with Gasteiger partial charge in [0.25, 0.3) is 5.91 Å². The second-order valence-corrected chi connectivity index (χ2v) is 7.03. The Balaban J connectivity index is 1.53. The standard InChI is InChI=1S/C24H23N3O3/c1-18-8-6-11-20(16-18)29-15-13-26(2)24(28)22-17-21(23-12-7-14-30-23)25-27(22)19-9-4-3-5-10-19/h3-12,14,16-17H,13,15H2,1-2H3. The van der Waals surface area contributed by atoms with Crippen molar-refractivity contribution in [3.8, 4) is 22.9 Å². The van der Waals surface area contributed by atoms with Crippen molar-refractivity contribution in [1.82, 2.24) is 14.7 Å². The van der Waals surface area contributed by atoms with Crippen LogP contribution >= 0.6 is 0 Å². The van der Waals surface area contributed by atoms with E-state index in [-0.39, 0.29) is 5.91 Å². The lowest BCUT2D eigenvalue weighted by atomic mass is 10.2. The first kappa shape index (κ1) is 19.5. The van der Waals surface area contributed by atoms with Crippen LogP contribution < -0.4 is 4.74 Å². The van der Waals surface area contributed by atoms with Gasteiger partial charge in [-0.3, -0.25) is 4.79 Å². The molecule has 0 aliphatic heterocycles. The molecule has 4 rings (SSSR count). The molecule has 0 saturated heterocycles. The Morgan fingerprint density at radius 3 is 2.63 bits per heavy atom. The van der Waals surface area contributed by atoms with Gasteiger partial charge in [-0.2, -0.15) is 5.10 Å². The van der Waals surface area contributed by atoms with Crippen LogP contribution in [-0.4, -0.2) is 40.8 Å². The number of likely N-dealkylation sites (N-methyl/N-ethyl adjacent to an activating group) is 1. The van der Waals surface area contributed by atoms with E-state index in [1.165, 1.54) is 0 Å². The van der Waals surface area contributed by atoms with Crippen LogP contribution in [0.3, 0.4) is 0 Å². The lowest BCUT2D eigenvalue weighted by molar-refractivity contribution is 0.0764. The molecule has 0 unspecified atom stereocenters. The molecule has 0 aliphatic rings. The van der Waals surface area contributed by atoms with E-state index >= 15 is 0 Å². The van der Waals surface area contributed by atoms with Gasteiger partial charge in [0.1, 0.15) is 23.7 Å². The van der Waals surface area contributed by atoms with Crippen molar-refractivity contribution >= 4 is 5.91 Å². The van der Waals surface area contributed by atoms with Crippen molar-refractivity contribution < 1.29 is 13.9 Å². The fourth-order valence-corrected chi connectivity index (χ4v) is 3.15. The number of benzene rings is 2. The second-order valence-electron chi connectivity index (χ2n) is 7.03. The van der Waals surface area contributed by atoms with Gasteiger partial charge < -0.3 is 14.1 Å². The highest BCUT2D eigenvalue weighted by molar-refractivity contribution is 5.94. The first-order valence-corrected chi connectivity index (χ1v) is 9.76. The molecule has 30 heavy (non-hydrogen) atoms. The van der Waals surface area contributed by atoms with E-state index in [1.807, 2.05) is 67.6 Å². The number of rotatable bonds is 7. The first-order chi connectivity index (χ1) is 14.6. The van der Waals surface area contributed by atoms with Crippen LogP contribution in [0.2, 0.25) is 0 Å². The first-order valence-electron chi connectivity index (χ1n) is 9.76. The highest BCUT2D eigenvalue weighted by Gasteiger charge is 2.21. The number of hydrogen-bond acceptors (Lipinski definition) is 4. The molecule has 0 aliphatic carbocycles. The van der Waals surface area contributed by atoms with Crippen molar-refractivity contribution in [1.29, 1.82) is 0 Å². The van der Waals surface area contributed by atoms with Gasteiger partial charge in [0.2, 0.25) is 0 Å². The smallest absolute Gasteiger partial charge is 0.272 e. The van der Waals surface area contributed by atoms with Gasteiger partial charge in [0.15, 0.2) is 5.76 Å². The van der Waals surface area contributed by atoms with Gasteiger partial charge in [-0.15, -0.1) is 0 Å². The summed E-state index contributed by atoms with van der Waals surface area (Å²) in [5, 5.41) is 4.61. The number of amides is 1. The molecule has 0 radical (unpaired) electrons. The summed E-state index contributed by atoms with van der Waals surface area (Å²) in [6.45, 7) is 2.86. The Morgan fingerprint density at radius 1 is 1.07 bits per heavy atom. The van der Waals surface area contributed by atoms with E-state index in [0.717, 1.165) is 17.0 Å². The molecule has 0 saturated carbocycles. The zero-order valence-electron chi connectivity index (χ0n) is 17.0. The normalized spacial score (nSPS) is 10.7. The molecule has 0 spiro atoms. The van der Waals surface area contributed by atoms with Crippen LogP contribution in [0.15, 0.2) is 83.5 Å². The van der Waals surface area contributed by atoms with Gasteiger partial charge >= 0.3 is 0 Å². The lowest BCUT2D eigenvalue weighted by Crippen LogP contribution is -2.32. The average molecular weight is 401 g/mol. The molecule has 2 heterocycles. The van der Waals surface area contributed by atoms with Crippen LogP contribution in [0.4, 0.5) is 0 Å². The average Bonchev–Trinajstić information content (AvgIpc) is 3.44. The predicted octanol–water partition coefficient (Wildman–Crippen LogP) is 4.59. The fourth-order valence-electron chi connectivity index (χ4n) is 3.15. The Kier molecular flexibility index (Phi) is 5.66. The zero-order valence-corrected chi connectivity index (χ0v) is 17.0. The maximum atomic E-state index is 13.2. The molecule has 2 aromatic carbocycles. The highest BCUT2D eigenvalue weighted by atomic mass is 16.5. The van der Waals surface area contributed by atoms with Crippen LogP contribution in [0.1, 0.15) is 16.1 Å². The van der Waals surface area contributed by atoms with Crippen molar-refractivity contribution in [2.45, 2.75) is 6.92 Å². The van der Waals surface area contributed by atoms with Crippen molar-refractivity contribution in [2.24, 2.45) is 0 Å². The Bertz CT molecular complexity index is 1120. The summed E-state index contributed by atoms with van der Waals surface area (Å²) < 4.78 is 12.9. The third-order valence-corrected chi connectivity index (χ3v) is 4.73. The minimum Gasteiger partial charge on any atom is -0.492 e. The van der Waals surface area contributed by atoms with Gasteiger partial charge in [-0.1, -0.05) is 30.3 Å². The van der Waals surface area contributed by atoms with Crippen molar-refractivity contribution in [2.75, 3.05) is 20.2 Å². The number of hydrogen-bond donors (Lipinski definition) is 0. The molecule has 6 heteroatoms. The molecule has 6 nitrogen and oxygen atoms in total. The topological polar surface area (TPSA) is 60.5 Å². The van der Waals surface area contributed by atoms with E-state index in [9.17, 15) is 4.79 Å². The van der Waals surface area contributed by atoms with Crippen LogP contribution in [0, 0.1) is 6.92 Å². The van der Waals surface area contributed by atoms with E-state index in [2.05, 4.69) is 5.10 Å². The Hall–Kier alpha value is -3.80. The monoisotopic (exact) mass is 401 g/mol. The van der Waals surface area contributed by atoms with Crippen molar-refractivity contribution in [3.05, 3.63) is 90.3 Å². The van der Waals surface area contributed by atoms with Crippen LogP contribution in [-0.2, 0) is 0 Å². The Morgan fingerprint density at radius 2 is 1.90 bits per heavy atom. The molecular weight excluding hydrogens is 378 g/mol. The molecule has 1 amide bonds. The number of para-hydroxylation sites is 1. The number of ether oxygens (including phenoxy) is 1. The summed E-state index contributed by atoms with van der Waals surface area (Å²) in [6.07, 6.45) is 1.59. The number of nitrogens with zero attached hydrogens (tertiary/aromatic N) is 3. The lowest BCUT2D eigenvalue weighted by Gasteiger charge is -2.18. The third-order valence-electron chi connectivity index (χ3n) is 4.73. The number of carbonyl (C=O) groups excluding carboxylic acids is 1. The van der Waals surface area contributed by atoms with Gasteiger partial charge in [-0.05, 0) is 48.9 Å². The fraction of sp³-hybridized carbons (Fsp3) is 0.167. The van der Waals surface area contributed by atoms with Crippen molar-refractivity contribution in [3.63, 3.8) is 0 Å². The van der Waals surface area contributed by atoms with E-state index in [4.69, 9.17) is 9.15 Å². The summed E-state index contributed by atoms with van der Waals surface area (Å²) in [6, 6.07) is 22.8. The summed E-state index contributed by atoms with van der Waals surface area (Å²) in [5.74, 6) is 1.27. The summed E-state index contributed by atoms with van der Waals surface area (Å²) in [5.41, 5.74) is 3.01. The number of aryl methyl sites for hydroxylation is 1. The predicted molar refractivity (Wildman–Crippen MR) is 115 cm³/mol. The molecule has 152 valence electrons. The molecule has 4 aromatic rings. The maximum Gasteiger partial charge on any atom is 0.272 e. The molecule has 2 aromatic heterocycles. The van der Waals surface area contributed by atoms with Crippen LogP contribution in [0.25, 0.3) is 17.1 Å². The summed E-state index contributed by atoms with van der Waals surface area (Å²) in [7, 11) is 1.76. The SMILES string of the molecule is Cc1cccc(OCCN(C)C(=O)c2cc(-c3ccco3)nn2-c2ccccc2)c1. The minimum atomic E-state index is -0.142. The van der Waals surface area contributed by atoms with Gasteiger partial charge in [-0.25, -0.2) is 4.68 Å². The molecule has 0 atom stereocenters. The number of carbonyl (C=O) groups is 1. The summed E-state index contributed by atoms with van der Waals surface area (Å²) >= 11 is 0. The van der Waals surface area contributed by atoms with E-state index < -0.39 is 0 Å². The van der Waals surface area contributed by atoms with Gasteiger partial charge in [0, 0.05) is 13.1 Å². The quantitative estimate of drug-likeness (QED) is 0.454. The summed E-state index contributed by atoms with van der Waals surface area (Å²) in [4.78, 5) is 14.8. The number of aromatic nitrogens is 2. The molecule has 0 N–H and O–H groups in total. The molecular formula is C24H23N3O3. The second kappa shape index (κ2) is 8.69. The Labute approximate surface area is 175 Å². The van der Waals surface area contributed by atoms with Gasteiger partial charge in [0.05, 0.1) is 18.5 Å². The van der Waals surface area contributed by atoms with E-state index in [0.29, 0.717) is 30.3 Å². The maximum absolute atomic E-state index is 13.2. The zero-order chi connectivity index (χ0) is 20.9. The molecule has 0 fully saturated rings. The third kappa shape index (κ3) is 4.27. The highest BCUT2D eigenvalue weighted by Crippen LogP contribution is 2.23. The largest absolute Gasteiger partial charge is 0.492 e. The van der Waals surface area contributed by atoms with E-state index in [1.54, 1.807) is 35.0 Å².